The summed E-state index contributed by atoms with van der Waals surface area (Å²) in [6.07, 6.45) is 2.78. The van der Waals surface area contributed by atoms with Gasteiger partial charge in [-0.15, -0.1) is 0 Å². The number of nitro groups is 1. The molecular formula is C15H13N5O4. The number of carbonyl (C=O) groups is 2. The summed E-state index contributed by atoms with van der Waals surface area (Å²) in [6.45, 7) is 0.113. The van der Waals surface area contributed by atoms with Crippen LogP contribution in [0.5, 0.6) is 0 Å². The van der Waals surface area contributed by atoms with Gasteiger partial charge in [0.05, 0.1) is 23.4 Å². The van der Waals surface area contributed by atoms with Crippen molar-refractivity contribution in [3.8, 4) is 0 Å². The zero-order valence-corrected chi connectivity index (χ0v) is 12.4. The number of hydrogen-bond acceptors (Lipinski definition) is 6. The molecule has 0 bridgehead atoms. The van der Waals surface area contributed by atoms with Crippen molar-refractivity contribution in [3.63, 3.8) is 0 Å². The number of amides is 2. The first kappa shape index (κ1) is 16.7. The van der Waals surface area contributed by atoms with Gasteiger partial charge in [0.25, 0.3) is 5.69 Å². The second-order valence-electron chi connectivity index (χ2n) is 4.55. The summed E-state index contributed by atoms with van der Waals surface area (Å²) < 4.78 is 0. The molecule has 0 aliphatic heterocycles. The van der Waals surface area contributed by atoms with Gasteiger partial charge in [-0.1, -0.05) is 18.2 Å². The highest BCUT2D eigenvalue weighted by molar-refractivity contribution is 6.35. The SMILES string of the molecule is O=C(NCc1ccccn1)C(=O)N/N=C\c1cccc([N+](=O)[O-])c1. The van der Waals surface area contributed by atoms with Crippen molar-refractivity contribution in [2.24, 2.45) is 5.10 Å². The number of benzene rings is 1. The van der Waals surface area contributed by atoms with Gasteiger partial charge >= 0.3 is 11.8 Å². The van der Waals surface area contributed by atoms with Crippen LogP contribution in [0.3, 0.4) is 0 Å². The fourth-order valence-electron chi connectivity index (χ4n) is 1.69. The third-order valence-corrected chi connectivity index (χ3v) is 2.82. The number of aromatic nitrogens is 1. The van der Waals surface area contributed by atoms with Gasteiger partial charge in [0, 0.05) is 23.9 Å². The third-order valence-electron chi connectivity index (χ3n) is 2.82. The predicted molar refractivity (Wildman–Crippen MR) is 84.9 cm³/mol. The van der Waals surface area contributed by atoms with Crippen molar-refractivity contribution in [2.75, 3.05) is 0 Å². The Hall–Kier alpha value is -3.62. The molecule has 0 fully saturated rings. The van der Waals surface area contributed by atoms with E-state index in [1.165, 1.54) is 24.4 Å². The van der Waals surface area contributed by atoms with Gasteiger partial charge in [0.15, 0.2) is 0 Å². The van der Waals surface area contributed by atoms with Crippen LogP contribution in [0.25, 0.3) is 0 Å². The monoisotopic (exact) mass is 327 g/mol. The van der Waals surface area contributed by atoms with Crippen molar-refractivity contribution in [3.05, 3.63) is 70.0 Å². The number of nitro benzene ring substituents is 1. The molecule has 2 aromatic rings. The summed E-state index contributed by atoms with van der Waals surface area (Å²) in [7, 11) is 0. The maximum absolute atomic E-state index is 11.6. The van der Waals surface area contributed by atoms with Crippen molar-refractivity contribution in [1.29, 1.82) is 0 Å². The second kappa shape index (κ2) is 8.13. The number of carbonyl (C=O) groups excluding carboxylic acids is 2. The molecule has 0 atom stereocenters. The smallest absolute Gasteiger partial charge is 0.329 e. The van der Waals surface area contributed by atoms with E-state index in [1.54, 1.807) is 30.5 Å². The Morgan fingerprint density at radius 2 is 2.04 bits per heavy atom. The number of hydrazone groups is 1. The number of nitrogens with one attached hydrogen (secondary N) is 2. The summed E-state index contributed by atoms with van der Waals surface area (Å²) in [5.41, 5.74) is 2.97. The molecule has 0 aliphatic rings. The largest absolute Gasteiger partial charge is 0.342 e. The quantitative estimate of drug-likeness (QED) is 0.363. The highest BCUT2D eigenvalue weighted by Gasteiger charge is 2.12. The first-order valence-corrected chi connectivity index (χ1v) is 6.82. The summed E-state index contributed by atoms with van der Waals surface area (Å²) in [5, 5.41) is 16.6. The number of rotatable bonds is 5. The summed E-state index contributed by atoms with van der Waals surface area (Å²) in [4.78, 5) is 37.3. The average Bonchev–Trinajstić information content (AvgIpc) is 2.60. The van der Waals surface area contributed by atoms with E-state index in [9.17, 15) is 19.7 Å². The highest BCUT2D eigenvalue weighted by Crippen LogP contribution is 2.11. The lowest BCUT2D eigenvalue weighted by Crippen LogP contribution is -2.37. The molecule has 1 aromatic heterocycles. The Morgan fingerprint density at radius 1 is 1.21 bits per heavy atom. The van der Waals surface area contributed by atoms with Gasteiger partial charge in [0.2, 0.25) is 0 Å². The van der Waals surface area contributed by atoms with Gasteiger partial charge in [-0.3, -0.25) is 24.7 Å². The summed E-state index contributed by atoms with van der Waals surface area (Å²) in [6, 6.07) is 10.9. The topological polar surface area (TPSA) is 127 Å². The normalized spacial score (nSPS) is 10.3. The Morgan fingerprint density at radius 3 is 2.75 bits per heavy atom. The average molecular weight is 327 g/mol. The molecule has 0 radical (unpaired) electrons. The Labute approximate surface area is 136 Å². The fourth-order valence-corrected chi connectivity index (χ4v) is 1.69. The van der Waals surface area contributed by atoms with E-state index in [2.05, 4.69) is 15.4 Å². The standard InChI is InChI=1S/C15H13N5O4/c21-14(17-10-12-5-1-2-7-16-12)15(22)19-18-9-11-4-3-6-13(8-11)20(23)24/h1-9H,10H2,(H,17,21)(H,19,22)/b18-9-. The fraction of sp³-hybridized carbons (Fsp3) is 0.0667. The molecule has 2 rings (SSSR count). The highest BCUT2D eigenvalue weighted by atomic mass is 16.6. The molecule has 0 saturated carbocycles. The molecule has 1 heterocycles. The van der Waals surface area contributed by atoms with Gasteiger partial charge in [-0.2, -0.15) is 5.10 Å². The van der Waals surface area contributed by atoms with E-state index in [0.29, 0.717) is 11.3 Å². The number of non-ortho nitro benzene ring substituents is 1. The molecule has 122 valence electrons. The van der Waals surface area contributed by atoms with Gasteiger partial charge < -0.3 is 5.32 Å². The maximum atomic E-state index is 11.6. The van der Waals surface area contributed by atoms with Crippen LogP contribution in [0.15, 0.2) is 53.8 Å². The summed E-state index contributed by atoms with van der Waals surface area (Å²) >= 11 is 0. The lowest BCUT2D eigenvalue weighted by molar-refractivity contribution is -0.384. The molecule has 9 heteroatoms. The van der Waals surface area contributed by atoms with Gasteiger partial charge in [0.1, 0.15) is 0 Å². The van der Waals surface area contributed by atoms with Crippen LogP contribution in [-0.2, 0) is 16.1 Å². The van der Waals surface area contributed by atoms with Gasteiger partial charge in [-0.05, 0) is 12.1 Å². The predicted octanol–water partition coefficient (Wildman–Crippen LogP) is 0.756. The molecule has 2 N–H and O–H groups in total. The first-order chi connectivity index (χ1) is 11.6. The van der Waals surface area contributed by atoms with Crippen LogP contribution in [0.1, 0.15) is 11.3 Å². The Kier molecular flexibility index (Phi) is 5.67. The summed E-state index contributed by atoms with van der Waals surface area (Å²) in [5.74, 6) is -1.82. The lowest BCUT2D eigenvalue weighted by atomic mass is 10.2. The second-order valence-corrected chi connectivity index (χ2v) is 4.55. The van der Waals surface area contributed by atoms with Gasteiger partial charge in [-0.25, -0.2) is 5.43 Å². The minimum Gasteiger partial charge on any atom is -0.342 e. The van der Waals surface area contributed by atoms with Crippen molar-refractivity contribution < 1.29 is 14.5 Å². The van der Waals surface area contributed by atoms with E-state index < -0.39 is 16.7 Å². The molecule has 2 amide bonds. The van der Waals surface area contributed by atoms with Crippen LogP contribution in [-0.4, -0.2) is 27.9 Å². The first-order valence-electron chi connectivity index (χ1n) is 6.82. The Bertz CT molecular complexity index is 776. The van der Waals surface area contributed by atoms with Crippen molar-refractivity contribution in [2.45, 2.75) is 6.54 Å². The molecular weight excluding hydrogens is 314 g/mol. The van der Waals surface area contributed by atoms with Crippen LogP contribution < -0.4 is 10.7 Å². The lowest BCUT2D eigenvalue weighted by Gasteiger charge is -2.03. The third kappa shape index (κ3) is 4.98. The van der Waals surface area contributed by atoms with Crippen LogP contribution >= 0.6 is 0 Å². The van der Waals surface area contributed by atoms with Crippen molar-refractivity contribution >= 4 is 23.7 Å². The molecule has 9 nitrogen and oxygen atoms in total. The van der Waals surface area contributed by atoms with E-state index in [1.807, 2.05) is 5.43 Å². The molecule has 0 spiro atoms. The molecule has 24 heavy (non-hydrogen) atoms. The van der Waals surface area contributed by atoms with Crippen molar-refractivity contribution in [1.82, 2.24) is 15.7 Å². The van der Waals surface area contributed by atoms with E-state index in [4.69, 9.17) is 0 Å². The van der Waals surface area contributed by atoms with Crippen LogP contribution in [0.4, 0.5) is 5.69 Å². The molecule has 0 aliphatic carbocycles. The van der Waals surface area contributed by atoms with E-state index >= 15 is 0 Å². The minimum atomic E-state index is -0.951. The zero-order chi connectivity index (χ0) is 17.4. The maximum Gasteiger partial charge on any atom is 0.329 e. The molecule has 0 unspecified atom stereocenters. The van der Waals surface area contributed by atoms with E-state index in [-0.39, 0.29) is 12.2 Å². The number of hydrogen-bond donors (Lipinski definition) is 2. The van der Waals surface area contributed by atoms with Crippen LogP contribution in [0.2, 0.25) is 0 Å². The van der Waals surface area contributed by atoms with E-state index in [0.717, 1.165) is 0 Å². The van der Waals surface area contributed by atoms with Crippen LogP contribution in [0, 0.1) is 10.1 Å². The Balaban J connectivity index is 1.84. The number of nitrogens with zero attached hydrogens (tertiary/aromatic N) is 3. The minimum absolute atomic E-state index is 0.0987. The molecule has 1 aromatic carbocycles. The number of pyridine rings is 1. The molecule has 0 saturated heterocycles. The zero-order valence-electron chi connectivity index (χ0n) is 12.4.